The molecule has 0 spiro atoms. The molecule has 3 N–H and O–H groups in total. The first-order valence-electron chi connectivity index (χ1n) is 9.72. The molecule has 1 heterocycles. The third-order valence-corrected chi connectivity index (χ3v) is 5.04. The van der Waals surface area contributed by atoms with Gasteiger partial charge in [-0.3, -0.25) is 10.2 Å². The number of unbranched alkanes of at least 4 members (excludes halogenated alkanes) is 1. The molecule has 0 bridgehead atoms. The molecule has 1 fully saturated rings. The number of hydrogen-bond acceptors (Lipinski definition) is 4. The predicted octanol–water partition coefficient (Wildman–Crippen LogP) is 3.26. The Bertz CT molecular complexity index is 745. The molecule has 0 aliphatic carbocycles. The number of amides is 1. The number of aryl methyl sites for hydroxylation is 1. The Balaban J connectivity index is 1.59. The van der Waals surface area contributed by atoms with Crippen LogP contribution in [-0.2, 0) is 11.3 Å². The average Bonchev–Trinajstić information content (AvgIpc) is 3.18. The summed E-state index contributed by atoms with van der Waals surface area (Å²) in [4.78, 5) is 12.7. The fraction of sp³-hybridized carbons (Fsp3) is 0.409. The van der Waals surface area contributed by atoms with Crippen LogP contribution < -0.4 is 20.9 Å². The Morgan fingerprint density at radius 3 is 2.70 bits per heavy atom. The minimum atomic E-state index is -0.152. The molecule has 2 atom stereocenters. The lowest BCUT2D eigenvalue weighted by molar-refractivity contribution is -0.125. The van der Waals surface area contributed by atoms with E-state index in [1.165, 1.54) is 5.56 Å². The number of hydrazine groups is 1. The summed E-state index contributed by atoms with van der Waals surface area (Å²) >= 11 is 0. The van der Waals surface area contributed by atoms with Gasteiger partial charge in [0.05, 0.1) is 18.6 Å². The van der Waals surface area contributed by atoms with Crippen LogP contribution in [0.15, 0.2) is 48.5 Å². The highest BCUT2D eigenvalue weighted by atomic mass is 16.5. The van der Waals surface area contributed by atoms with Crippen LogP contribution in [0.2, 0.25) is 0 Å². The topological polar surface area (TPSA) is 62.4 Å². The van der Waals surface area contributed by atoms with E-state index in [-0.39, 0.29) is 17.9 Å². The Morgan fingerprint density at radius 1 is 1.19 bits per heavy atom. The SMILES string of the molecule is CCCCOc1ccc(C2NNCC2C(=O)NCc2ccccc2C)cc1. The van der Waals surface area contributed by atoms with Crippen molar-refractivity contribution in [1.29, 1.82) is 0 Å². The number of carbonyl (C=O) groups excluding carboxylic acids is 1. The van der Waals surface area contributed by atoms with Gasteiger partial charge in [0.1, 0.15) is 5.75 Å². The highest BCUT2D eigenvalue weighted by Gasteiger charge is 2.33. The van der Waals surface area contributed by atoms with Gasteiger partial charge < -0.3 is 10.1 Å². The van der Waals surface area contributed by atoms with Gasteiger partial charge in [0.25, 0.3) is 0 Å². The fourth-order valence-corrected chi connectivity index (χ4v) is 3.28. The number of nitrogens with one attached hydrogen (secondary N) is 3. The lowest BCUT2D eigenvalue weighted by Gasteiger charge is -2.19. The summed E-state index contributed by atoms with van der Waals surface area (Å²) in [6.07, 6.45) is 2.17. The number of benzene rings is 2. The first-order valence-corrected chi connectivity index (χ1v) is 9.72. The molecule has 1 aliphatic rings. The third-order valence-electron chi connectivity index (χ3n) is 5.04. The lowest BCUT2D eigenvalue weighted by Crippen LogP contribution is -2.34. The summed E-state index contributed by atoms with van der Waals surface area (Å²) in [6.45, 7) is 6.11. The lowest BCUT2D eigenvalue weighted by atomic mass is 9.94. The highest BCUT2D eigenvalue weighted by Crippen LogP contribution is 2.27. The van der Waals surface area contributed by atoms with Crippen LogP contribution in [0, 0.1) is 12.8 Å². The molecular formula is C22H29N3O2. The van der Waals surface area contributed by atoms with Gasteiger partial charge >= 0.3 is 0 Å². The molecule has 2 aromatic rings. The van der Waals surface area contributed by atoms with Gasteiger partial charge in [-0.1, -0.05) is 49.7 Å². The Hall–Kier alpha value is -2.37. The second-order valence-electron chi connectivity index (χ2n) is 7.02. The third kappa shape index (κ3) is 5.08. The van der Waals surface area contributed by atoms with Gasteiger partial charge in [-0.25, -0.2) is 5.43 Å². The molecule has 5 heteroatoms. The van der Waals surface area contributed by atoms with Crippen molar-refractivity contribution in [1.82, 2.24) is 16.2 Å². The molecule has 2 unspecified atom stereocenters. The summed E-state index contributed by atoms with van der Waals surface area (Å²) in [5.41, 5.74) is 9.78. The van der Waals surface area contributed by atoms with Crippen LogP contribution in [0.5, 0.6) is 5.75 Å². The van der Waals surface area contributed by atoms with Crippen molar-refractivity contribution < 1.29 is 9.53 Å². The Kier molecular flexibility index (Phi) is 6.85. The van der Waals surface area contributed by atoms with Gasteiger partial charge in [-0.15, -0.1) is 0 Å². The highest BCUT2D eigenvalue weighted by molar-refractivity contribution is 5.80. The zero-order valence-electron chi connectivity index (χ0n) is 16.1. The molecule has 1 amide bonds. The molecule has 27 heavy (non-hydrogen) atoms. The Morgan fingerprint density at radius 2 is 1.96 bits per heavy atom. The van der Waals surface area contributed by atoms with Crippen LogP contribution in [0.4, 0.5) is 0 Å². The second kappa shape index (κ2) is 9.53. The van der Waals surface area contributed by atoms with Crippen molar-refractivity contribution in [3.63, 3.8) is 0 Å². The minimum absolute atomic E-state index is 0.0495. The van der Waals surface area contributed by atoms with Crippen LogP contribution in [0.1, 0.15) is 42.5 Å². The molecule has 3 rings (SSSR count). The molecule has 0 radical (unpaired) electrons. The zero-order chi connectivity index (χ0) is 19.1. The fourth-order valence-electron chi connectivity index (χ4n) is 3.28. The van der Waals surface area contributed by atoms with E-state index in [0.29, 0.717) is 13.1 Å². The smallest absolute Gasteiger partial charge is 0.226 e. The predicted molar refractivity (Wildman–Crippen MR) is 107 cm³/mol. The molecule has 0 saturated carbocycles. The molecule has 0 aromatic heterocycles. The molecule has 144 valence electrons. The minimum Gasteiger partial charge on any atom is -0.494 e. The Labute approximate surface area is 161 Å². The molecule has 5 nitrogen and oxygen atoms in total. The first-order chi connectivity index (χ1) is 13.2. The van der Waals surface area contributed by atoms with E-state index < -0.39 is 0 Å². The van der Waals surface area contributed by atoms with Gasteiger partial charge in [-0.05, 0) is 42.2 Å². The van der Waals surface area contributed by atoms with E-state index in [4.69, 9.17) is 4.74 Å². The maximum absolute atomic E-state index is 12.7. The second-order valence-corrected chi connectivity index (χ2v) is 7.02. The number of hydrogen-bond donors (Lipinski definition) is 3. The number of rotatable bonds is 8. The maximum atomic E-state index is 12.7. The number of carbonyl (C=O) groups is 1. The molecular weight excluding hydrogens is 338 g/mol. The summed E-state index contributed by atoms with van der Waals surface area (Å²) in [5, 5.41) is 3.08. The van der Waals surface area contributed by atoms with Crippen LogP contribution in [-0.4, -0.2) is 19.1 Å². The van der Waals surface area contributed by atoms with Crippen molar-refractivity contribution in [2.24, 2.45) is 5.92 Å². The van der Waals surface area contributed by atoms with E-state index in [1.807, 2.05) is 36.4 Å². The summed E-state index contributed by atoms with van der Waals surface area (Å²) < 4.78 is 5.72. The monoisotopic (exact) mass is 367 g/mol. The first kappa shape index (κ1) is 19.4. The molecule has 1 saturated heterocycles. The van der Waals surface area contributed by atoms with Gasteiger partial charge in [0, 0.05) is 13.1 Å². The van der Waals surface area contributed by atoms with Crippen molar-refractivity contribution >= 4 is 5.91 Å². The maximum Gasteiger partial charge on any atom is 0.226 e. The average molecular weight is 367 g/mol. The van der Waals surface area contributed by atoms with Crippen LogP contribution in [0.3, 0.4) is 0 Å². The van der Waals surface area contributed by atoms with E-state index in [2.05, 4.69) is 42.1 Å². The molecule has 2 aromatic carbocycles. The van der Waals surface area contributed by atoms with Gasteiger partial charge in [0.2, 0.25) is 5.91 Å². The van der Waals surface area contributed by atoms with Crippen LogP contribution in [0.25, 0.3) is 0 Å². The van der Waals surface area contributed by atoms with E-state index >= 15 is 0 Å². The zero-order valence-corrected chi connectivity index (χ0v) is 16.1. The van der Waals surface area contributed by atoms with E-state index in [1.54, 1.807) is 0 Å². The largest absolute Gasteiger partial charge is 0.494 e. The van der Waals surface area contributed by atoms with Crippen molar-refractivity contribution in [2.45, 2.75) is 39.3 Å². The van der Waals surface area contributed by atoms with Crippen molar-refractivity contribution in [3.8, 4) is 5.75 Å². The quantitative estimate of drug-likeness (QED) is 0.627. The normalized spacial score (nSPS) is 19.0. The van der Waals surface area contributed by atoms with Crippen molar-refractivity contribution in [2.75, 3.05) is 13.2 Å². The standard InChI is InChI=1S/C22H29N3O2/c1-3-4-13-27-19-11-9-17(10-12-19)21-20(15-24-25-21)22(26)23-14-18-8-6-5-7-16(18)2/h5-12,20-21,24-25H,3-4,13-15H2,1-2H3,(H,23,26). The van der Waals surface area contributed by atoms with Crippen molar-refractivity contribution in [3.05, 3.63) is 65.2 Å². The van der Waals surface area contributed by atoms with Gasteiger partial charge in [-0.2, -0.15) is 0 Å². The summed E-state index contributed by atoms with van der Waals surface area (Å²) in [5.74, 6) is 0.781. The molecule has 1 aliphatic heterocycles. The summed E-state index contributed by atoms with van der Waals surface area (Å²) in [7, 11) is 0. The van der Waals surface area contributed by atoms with E-state index in [9.17, 15) is 4.79 Å². The van der Waals surface area contributed by atoms with Gasteiger partial charge in [0.15, 0.2) is 0 Å². The summed E-state index contributed by atoms with van der Waals surface area (Å²) in [6, 6.07) is 16.1. The number of ether oxygens (including phenoxy) is 1. The van der Waals surface area contributed by atoms with Crippen LogP contribution >= 0.6 is 0 Å². The van der Waals surface area contributed by atoms with E-state index in [0.717, 1.165) is 36.3 Å².